The number of unbranched alkanes of at least 4 members (excludes halogenated alkanes) is 8. The van der Waals surface area contributed by atoms with Crippen molar-refractivity contribution in [2.75, 3.05) is 47.5 Å². The Hall–Kier alpha value is -6.19. The van der Waals surface area contributed by atoms with Crippen LogP contribution in [-0.2, 0) is 32.7 Å². The van der Waals surface area contributed by atoms with Crippen LogP contribution in [0.1, 0.15) is 219 Å². The van der Waals surface area contributed by atoms with E-state index in [1.807, 2.05) is 21.1 Å². The van der Waals surface area contributed by atoms with Crippen LogP contribution in [0.3, 0.4) is 0 Å². The number of hydrogen-bond donors (Lipinski definition) is 0. The van der Waals surface area contributed by atoms with Gasteiger partial charge in [0.05, 0.1) is 27.7 Å². The Kier molecular flexibility index (Phi) is 66.4. The monoisotopic (exact) mass is 1310 g/mol. The van der Waals surface area contributed by atoms with Gasteiger partial charge in [-0.3, -0.25) is 14.2 Å². The number of phosphoric acid groups is 1. The zero-order valence-corrected chi connectivity index (χ0v) is 60.2. The third-order valence-corrected chi connectivity index (χ3v) is 14.8. The molecule has 0 amide bonds. The largest absolute Gasteiger partial charge is 0.756 e. The predicted molar refractivity (Wildman–Crippen MR) is 405 cm³/mol. The molecule has 94 heavy (non-hydrogen) atoms. The van der Waals surface area contributed by atoms with Gasteiger partial charge in [0.25, 0.3) is 7.82 Å². The molecule has 0 rings (SSSR count). The van der Waals surface area contributed by atoms with Gasteiger partial charge in [0.15, 0.2) is 6.10 Å². The minimum Gasteiger partial charge on any atom is -0.756 e. The highest BCUT2D eigenvalue weighted by Gasteiger charge is 2.22. The molecule has 0 aliphatic carbocycles. The summed E-state index contributed by atoms with van der Waals surface area (Å²) >= 11 is 0. The maximum atomic E-state index is 12.9. The summed E-state index contributed by atoms with van der Waals surface area (Å²) in [5, 5.41) is 0. The topological polar surface area (TPSA) is 111 Å². The molecule has 0 saturated heterocycles. The van der Waals surface area contributed by atoms with Crippen molar-refractivity contribution in [2.45, 2.75) is 225 Å². The normalized spacial score (nSPS) is 14.6. The number of allylic oxidation sites excluding steroid dienone is 40. The number of likely N-dealkylation sites (N-methyl/N-ethyl adjacent to an activating group) is 1. The number of carbonyl (C=O) groups excluding carboxylic acids is 2. The molecule has 0 spiro atoms. The first kappa shape index (κ1) is 87.8. The summed E-state index contributed by atoms with van der Waals surface area (Å²) in [4.78, 5) is 38.1. The first-order valence-corrected chi connectivity index (χ1v) is 37.2. The number of hydrogen-bond acceptors (Lipinski definition) is 8. The van der Waals surface area contributed by atoms with Gasteiger partial charge < -0.3 is 27.9 Å². The molecule has 0 heterocycles. The van der Waals surface area contributed by atoms with E-state index in [4.69, 9.17) is 18.5 Å². The van der Waals surface area contributed by atoms with Gasteiger partial charge in [-0.25, -0.2) is 0 Å². The fraction of sp³-hybridized carbons (Fsp3) is 0.500. The highest BCUT2D eigenvalue weighted by molar-refractivity contribution is 7.45. The Morgan fingerprint density at radius 2 is 0.574 bits per heavy atom. The summed E-state index contributed by atoms with van der Waals surface area (Å²) in [6.45, 7) is 3.90. The second-order valence-electron chi connectivity index (χ2n) is 23.8. The predicted octanol–water partition coefficient (Wildman–Crippen LogP) is 23.3. The minimum absolute atomic E-state index is 0.0568. The molecule has 0 aliphatic heterocycles. The highest BCUT2D eigenvalue weighted by Crippen LogP contribution is 2.38. The molecule has 0 aliphatic rings. The SMILES string of the molecule is CC/C=C\C/C=C\C/C=C\C/C=C\C/C=C\C/C=C\C/C=C\C/C=C\C/C=C\C/C=C\C/C=C\C/C=C\CCCCC(=O)OC(COC(=O)CCCCCCCC/C=C\C/C=C\C/C=C\C/C=C\C/C=C\C/C=C\C/C=C\C/C=C\CC)COP(=O)([O-])OCC[N+](C)(C)C. The van der Waals surface area contributed by atoms with Gasteiger partial charge in [0, 0.05) is 12.8 Å². The number of ether oxygens (including phenoxy) is 2. The molecular formula is C84H128NO8P. The zero-order valence-electron chi connectivity index (χ0n) is 59.3. The third kappa shape index (κ3) is 74.8. The van der Waals surface area contributed by atoms with Crippen LogP contribution < -0.4 is 4.89 Å². The van der Waals surface area contributed by atoms with E-state index in [9.17, 15) is 19.0 Å². The van der Waals surface area contributed by atoms with E-state index in [2.05, 4.69) is 257 Å². The second-order valence-corrected chi connectivity index (χ2v) is 25.2. The molecule has 0 N–H and O–H groups in total. The van der Waals surface area contributed by atoms with Gasteiger partial charge >= 0.3 is 11.9 Å². The fourth-order valence-corrected chi connectivity index (χ4v) is 9.20. The van der Waals surface area contributed by atoms with Crippen LogP contribution >= 0.6 is 7.82 Å². The molecule has 0 bridgehead atoms. The van der Waals surface area contributed by atoms with Crippen molar-refractivity contribution >= 4 is 19.8 Å². The summed E-state index contributed by atoms with van der Waals surface area (Å²) in [6.07, 6.45) is 117. The van der Waals surface area contributed by atoms with Crippen molar-refractivity contribution in [3.63, 3.8) is 0 Å². The summed E-state index contributed by atoms with van der Waals surface area (Å²) in [5.41, 5.74) is 0. The van der Waals surface area contributed by atoms with Crippen molar-refractivity contribution in [3.05, 3.63) is 243 Å². The quantitative estimate of drug-likeness (QED) is 0.0195. The lowest BCUT2D eigenvalue weighted by molar-refractivity contribution is -0.870. The smallest absolute Gasteiger partial charge is 0.306 e. The lowest BCUT2D eigenvalue weighted by Gasteiger charge is -2.28. The van der Waals surface area contributed by atoms with Crippen LogP contribution in [0.25, 0.3) is 0 Å². The van der Waals surface area contributed by atoms with E-state index in [0.717, 1.165) is 180 Å². The average Bonchev–Trinajstić information content (AvgIpc) is 1.56. The zero-order chi connectivity index (χ0) is 68.3. The van der Waals surface area contributed by atoms with Crippen LogP contribution in [0.5, 0.6) is 0 Å². The number of phosphoric ester groups is 1. The summed E-state index contributed by atoms with van der Waals surface area (Å²) in [7, 11) is 1.09. The van der Waals surface area contributed by atoms with Gasteiger partial charge in [-0.1, -0.05) is 283 Å². The number of quaternary nitrogens is 1. The molecular weight excluding hydrogens is 1180 g/mol. The first-order chi connectivity index (χ1) is 46.0. The summed E-state index contributed by atoms with van der Waals surface area (Å²) in [5.74, 6) is -0.924. The Morgan fingerprint density at radius 1 is 0.330 bits per heavy atom. The van der Waals surface area contributed by atoms with Gasteiger partial charge in [-0.05, 0) is 167 Å². The van der Waals surface area contributed by atoms with Gasteiger partial charge in [0.1, 0.15) is 19.8 Å². The number of esters is 2. The minimum atomic E-state index is -4.68. The standard InChI is InChI=1S/C84H128NO8P/c1-6-8-10-12-14-16-18-20-22-24-26-28-30-32-34-36-38-39-40-41-42-43-44-45-47-49-51-53-55-57-59-61-63-65-67-69-71-73-75-77-84(87)93-82(81-92-94(88,89)91-79-78-85(3,4)5)80-90-83(86)76-74-72-70-68-66-64-62-60-58-56-54-52-50-48-46-37-35-33-31-29-27-25-23-21-19-17-15-13-11-9-7-2/h8-11,14-17,20-23,26-29,32-35,38-39,41-42,44-46,48-49,51-52,54-55,57-58,60-61,63,67,69,82H,6-7,12-13,18-19,24-25,30-31,36-37,40,43,47,50,53,56,59,62,64-66,68,70-81H2,1-5H3/b10-8-,11-9-,16-14-,17-15-,22-20-,23-21-,28-26-,29-27-,34-32-,35-33-,39-38-,42-41-,45-44-,48-46-,51-49-,54-52-,57-55-,60-58-,63-61-,69-67-. The second kappa shape index (κ2) is 71.1. The lowest BCUT2D eigenvalue weighted by Crippen LogP contribution is -2.37. The van der Waals surface area contributed by atoms with E-state index in [-0.39, 0.29) is 26.1 Å². The Morgan fingerprint density at radius 3 is 0.872 bits per heavy atom. The molecule has 2 atom stereocenters. The Balaban J connectivity index is 4.28. The molecule has 0 fully saturated rings. The van der Waals surface area contributed by atoms with Crippen LogP contribution in [0.2, 0.25) is 0 Å². The van der Waals surface area contributed by atoms with E-state index in [1.54, 1.807) is 0 Å². The van der Waals surface area contributed by atoms with Crippen LogP contribution in [0, 0.1) is 0 Å². The first-order valence-electron chi connectivity index (χ1n) is 35.7. The third-order valence-electron chi connectivity index (χ3n) is 13.9. The molecule has 0 aromatic rings. The van der Waals surface area contributed by atoms with Crippen LogP contribution in [-0.4, -0.2) is 70.0 Å². The molecule has 9 nitrogen and oxygen atoms in total. The van der Waals surface area contributed by atoms with Crippen molar-refractivity contribution in [1.82, 2.24) is 0 Å². The average molecular weight is 1310 g/mol. The van der Waals surface area contributed by atoms with Crippen molar-refractivity contribution < 1.29 is 42.1 Å². The number of carbonyl (C=O) groups is 2. The van der Waals surface area contributed by atoms with Crippen molar-refractivity contribution in [2.24, 2.45) is 0 Å². The molecule has 0 radical (unpaired) electrons. The van der Waals surface area contributed by atoms with E-state index >= 15 is 0 Å². The summed E-state index contributed by atoms with van der Waals surface area (Å²) < 4.78 is 34.2. The van der Waals surface area contributed by atoms with E-state index in [1.165, 1.54) is 0 Å². The maximum absolute atomic E-state index is 12.9. The van der Waals surface area contributed by atoms with E-state index in [0.29, 0.717) is 23.9 Å². The highest BCUT2D eigenvalue weighted by atomic mass is 31.2. The van der Waals surface area contributed by atoms with Crippen molar-refractivity contribution in [3.8, 4) is 0 Å². The number of rotatable bonds is 62. The maximum Gasteiger partial charge on any atom is 0.306 e. The number of nitrogens with zero attached hydrogens (tertiary/aromatic N) is 1. The Labute approximate surface area is 574 Å². The van der Waals surface area contributed by atoms with Gasteiger partial charge in [0.2, 0.25) is 0 Å². The van der Waals surface area contributed by atoms with Crippen LogP contribution in [0.15, 0.2) is 243 Å². The van der Waals surface area contributed by atoms with Gasteiger partial charge in [-0.2, -0.15) is 0 Å². The van der Waals surface area contributed by atoms with Gasteiger partial charge in [-0.15, -0.1) is 0 Å². The Bertz CT molecular complexity index is 2490. The molecule has 10 heteroatoms. The molecule has 522 valence electrons. The fourth-order valence-electron chi connectivity index (χ4n) is 8.47. The molecule has 0 aromatic heterocycles. The van der Waals surface area contributed by atoms with E-state index < -0.39 is 32.5 Å². The molecule has 2 unspecified atom stereocenters. The van der Waals surface area contributed by atoms with Crippen LogP contribution in [0.4, 0.5) is 0 Å². The van der Waals surface area contributed by atoms with Crippen molar-refractivity contribution in [1.29, 1.82) is 0 Å². The summed E-state index contributed by atoms with van der Waals surface area (Å²) in [6, 6.07) is 0. The lowest BCUT2D eigenvalue weighted by atomic mass is 10.1. The molecule has 0 aromatic carbocycles. The molecule has 0 saturated carbocycles.